The molecule has 27 heavy (non-hydrogen) atoms. The van der Waals surface area contributed by atoms with Crippen molar-refractivity contribution in [3.63, 3.8) is 0 Å². The number of rotatable bonds is 4. The maximum atomic E-state index is 13.0. The molecule has 1 aliphatic heterocycles. The molecule has 8 heteroatoms. The zero-order valence-electron chi connectivity index (χ0n) is 15.3. The summed E-state index contributed by atoms with van der Waals surface area (Å²) in [6, 6.07) is 12.1. The molecule has 0 aliphatic carbocycles. The lowest BCUT2D eigenvalue weighted by Gasteiger charge is -2.38. The zero-order valence-corrected chi connectivity index (χ0v) is 15.3. The van der Waals surface area contributed by atoms with Crippen molar-refractivity contribution in [1.29, 1.82) is 0 Å². The second kappa shape index (κ2) is 7.22. The molecule has 0 N–H and O–H groups in total. The van der Waals surface area contributed by atoms with Gasteiger partial charge in [-0.1, -0.05) is 30.3 Å². The Balaban J connectivity index is 1.63. The fraction of sp³-hybridized carbons (Fsp3) is 0.368. The molecule has 1 aromatic carbocycles. The van der Waals surface area contributed by atoms with E-state index in [9.17, 15) is 19.7 Å². The van der Waals surface area contributed by atoms with E-state index in [4.69, 9.17) is 4.42 Å². The lowest BCUT2D eigenvalue weighted by Crippen LogP contribution is -2.54. The minimum absolute atomic E-state index is 0.00874. The van der Waals surface area contributed by atoms with Crippen molar-refractivity contribution >= 4 is 17.7 Å². The number of benzene rings is 1. The van der Waals surface area contributed by atoms with E-state index in [1.54, 1.807) is 9.80 Å². The van der Waals surface area contributed by atoms with Gasteiger partial charge >= 0.3 is 5.88 Å². The number of carbonyl (C=O) groups excluding carboxylic acids is 2. The highest BCUT2D eigenvalue weighted by Crippen LogP contribution is 2.26. The van der Waals surface area contributed by atoms with Crippen molar-refractivity contribution < 1.29 is 18.9 Å². The Morgan fingerprint density at radius 2 is 1.59 bits per heavy atom. The summed E-state index contributed by atoms with van der Waals surface area (Å²) in [6.45, 7) is 5.30. The molecule has 0 atom stereocenters. The number of piperazine rings is 1. The van der Waals surface area contributed by atoms with Crippen LogP contribution >= 0.6 is 0 Å². The van der Waals surface area contributed by atoms with E-state index in [1.807, 2.05) is 44.2 Å². The molecule has 3 rings (SSSR count). The molecule has 1 fully saturated rings. The summed E-state index contributed by atoms with van der Waals surface area (Å²) in [4.78, 5) is 38.7. The van der Waals surface area contributed by atoms with Crippen LogP contribution in [0.1, 0.15) is 30.0 Å². The highest BCUT2D eigenvalue weighted by molar-refractivity contribution is 5.92. The van der Waals surface area contributed by atoms with Gasteiger partial charge in [0, 0.05) is 26.2 Å². The molecule has 2 aromatic rings. The average molecular weight is 371 g/mol. The lowest BCUT2D eigenvalue weighted by molar-refractivity contribution is -0.402. The van der Waals surface area contributed by atoms with Gasteiger partial charge in [0.15, 0.2) is 5.76 Å². The Bertz CT molecular complexity index is 851. The first kappa shape index (κ1) is 18.6. The first-order valence-corrected chi connectivity index (χ1v) is 8.69. The first-order valence-electron chi connectivity index (χ1n) is 8.69. The summed E-state index contributed by atoms with van der Waals surface area (Å²) in [5.74, 6) is -0.921. The molecule has 0 radical (unpaired) electrons. The topological polar surface area (TPSA) is 96.9 Å². The molecule has 8 nitrogen and oxygen atoms in total. The smallest absolute Gasteiger partial charge is 0.395 e. The Morgan fingerprint density at radius 1 is 1.00 bits per heavy atom. The molecular formula is C19H21N3O5. The molecule has 0 spiro atoms. The highest BCUT2D eigenvalue weighted by atomic mass is 16.6. The number of hydrogen-bond donors (Lipinski definition) is 0. The Kier molecular flexibility index (Phi) is 4.98. The van der Waals surface area contributed by atoms with Crippen LogP contribution in [0.15, 0.2) is 46.9 Å². The Hall–Kier alpha value is -3.16. The minimum atomic E-state index is -0.681. The third kappa shape index (κ3) is 3.69. The molecular weight excluding hydrogens is 350 g/mol. The van der Waals surface area contributed by atoms with Gasteiger partial charge in [-0.2, -0.15) is 0 Å². The Morgan fingerprint density at radius 3 is 2.15 bits per heavy atom. The number of nitro groups is 1. The van der Waals surface area contributed by atoms with Crippen molar-refractivity contribution in [2.24, 2.45) is 0 Å². The van der Waals surface area contributed by atoms with Crippen molar-refractivity contribution in [3.05, 3.63) is 63.9 Å². The third-order valence-electron chi connectivity index (χ3n) is 4.87. The summed E-state index contributed by atoms with van der Waals surface area (Å²) >= 11 is 0. The largest absolute Gasteiger partial charge is 0.433 e. The number of hydrogen-bond acceptors (Lipinski definition) is 5. The highest BCUT2D eigenvalue weighted by Gasteiger charge is 2.36. The second-order valence-electron chi connectivity index (χ2n) is 6.97. The molecule has 2 heterocycles. The number of amides is 2. The van der Waals surface area contributed by atoms with Gasteiger partial charge in [0.25, 0.3) is 5.91 Å². The van der Waals surface area contributed by atoms with E-state index in [0.717, 1.165) is 11.6 Å². The molecule has 1 aromatic heterocycles. The van der Waals surface area contributed by atoms with Gasteiger partial charge in [0.1, 0.15) is 4.92 Å². The normalized spacial score (nSPS) is 14.9. The predicted octanol–water partition coefficient (Wildman–Crippen LogP) is 2.45. The summed E-state index contributed by atoms with van der Waals surface area (Å²) < 4.78 is 4.98. The van der Waals surface area contributed by atoms with Crippen LogP contribution < -0.4 is 0 Å². The van der Waals surface area contributed by atoms with Crippen LogP contribution in [0, 0.1) is 10.1 Å². The van der Waals surface area contributed by atoms with Gasteiger partial charge in [-0.3, -0.25) is 19.7 Å². The van der Waals surface area contributed by atoms with Gasteiger partial charge in [-0.15, -0.1) is 0 Å². The van der Waals surface area contributed by atoms with E-state index in [0.29, 0.717) is 26.2 Å². The van der Waals surface area contributed by atoms with Crippen molar-refractivity contribution in [3.8, 4) is 0 Å². The first-order chi connectivity index (χ1) is 12.8. The third-order valence-corrected chi connectivity index (χ3v) is 4.87. The quantitative estimate of drug-likeness (QED) is 0.607. The summed E-state index contributed by atoms with van der Waals surface area (Å²) in [7, 11) is 0. The van der Waals surface area contributed by atoms with E-state index < -0.39 is 22.1 Å². The van der Waals surface area contributed by atoms with Crippen molar-refractivity contribution in [2.75, 3.05) is 26.2 Å². The summed E-state index contributed by atoms with van der Waals surface area (Å²) in [6.07, 6.45) is 0. The molecule has 0 saturated carbocycles. The van der Waals surface area contributed by atoms with Crippen LogP contribution in [-0.4, -0.2) is 52.7 Å². The van der Waals surface area contributed by atoms with Gasteiger partial charge in [0.2, 0.25) is 5.91 Å². The van der Waals surface area contributed by atoms with Gasteiger partial charge in [-0.25, -0.2) is 0 Å². The van der Waals surface area contributed by atoms with Crippen molar-refractivity contribution in [1.82, 2.24) is 9.80 Å². The summed E-state index contributed by atoms with van der Waals surface area (Å²) in [5.41, 5.74) is 0.283. The standard InChI is InChI=1S/C19H21N3O5/c1-19(2,14-6-4-3-5-7-14)18(24)21-12-10-20(11-13-21)17(23)15-8-9-16(27-15)22(25)26/h3-9H,10-13H2,1-2H3. The lowest BCUT2D eigenvalue weighted by atomic mass is 9.83. The van der Waals surface area contributed by atoms with Gasteiger partial charge in [0.05, 0.1) is 11.5 Å². The summed E-state index contributed by atoms with van der Waals surface area (Å²) in [5, 5.41) is 10.7. The minimum Gasteiger partial charge on any atom is -0.395 e. The van der Waals surface area contributed by atoms with Crippen LogP contribution in [0.5, 0.6) is 0 Å². The van der Waals surface area contributed by atoms with Crippen LogP contribution in [0.2, 0.25) is 0 Å². The van der Waals surface area contributed by atoms with Crippen LogP contribution in [0.25, 0.3) is 0 Å². The number of nitrogens with zero attached hydrogens (tertiary/aromatic N) is 3. The molecule has 1 aliphatic rings. The van der Waals surface area contributed by atoms with E-state index in [2.05, 4.69) is 0 Å². The molecule has 0 bridgehead atoms. The van der Waals surface area contributed by atoms with Crippen molar-refractivity contribution in [2.45, 2.75) is 19.3 Å². The van der Waals surface area contributed by atoms with E-state index in [-0.39, 0.29) is 11.7 Å². The number of furan rings is 1. The fourth-order valence-corrected chi connectivity index (χ4v) is 3.18. The maximum absolute atomic E-state index is 13.0. The van der Waals surface area contributed by atoms with Crippen LogP contribution in [-0.2, 0) is 10.2 Å². The molecule has 142 valence electrons. The second-order valence-corrected chi connectivity index (χ2v) is 6.97. The molecule has 2 amide bonds. The zero-order chi connectivity index (χ0) is 19.6. The average Bonchev–Trinajstić information content (AvgIpc) is 3.18. The van der Waals surface area contributed by atoms with Gasteiger partial charge in [-0.05, 0) is 25.5 Å². The van der Waals surface area contributed by atoms with Crippen LogP contribution in [0.4, 0.5) is 5.88 Å². The fourth-order valence-electron chi connectivity index (χ4n) is 3.18. The van der Waals surface area contributed by atoms with E-state index in [1.165, 1.54) is 6.07 Å². The Labute approximate surface area is 156 Å². The molecule has 1 saturated heterocycles. The number of carbonyl (C=O) groups is 2. The van der Waals surface area contributed by atoms with E-state index >= 15 is 0 Å². The monoisotopic (exact) mass is 371 g/mol. The van der Waals surface area contributed by atoms with Crippen LogP contribution in [0.3, 0.4) is 0 Å². The maximum Gasteiger partial charge on any atom is 0.433 e. The SMILES string of the molecule is CC(C)(C(=O)N1CCN(C(=O)c2ccc([N+](=O)[O-])o2)CC1)c1ccccc1. The molecule has 0 unspecified atom stereocenters. The van der Waals surface area contributed by atoms with Gasteiger partial charge < -0.3 is 14.2 Å². The predicted molar refractivity (Wildman–Crippen MR) is 97.3 cm³/mol.